The molecule has 0 N–H and O–H groups in total. The number of rotatable bonds is 5. The van der Waals surface area contributed by atoms with Gasteiger partial charge in [-0.3, -0.25) is 14.6 Å². The fourth-order valence-corrected chi connectivity index (χ4v) is 4.31. The van der Waals surface area contributed by atoms with Gasteiger partial charge in [-0.15, -0.1) is 0 Å². The first-order valence-electron chi connectivity index (χ1n) is 9.45. The number of aryl methyl sites for hydroxylation is 1. The SMILES string of the molecule is COc1c(C)cnc(CN(C)C(=O)C2CC(=O)N(C3CCCC3)C2)c1C. The minimum absolute atomic E-state index is 0.0274. The second-order valence-electron chi connectivity index (χ2n) is 7.63. The number of aromatic nitrogens is 1. The highest BCUT2D eigenvalue weighted by Gasteiger charge is 2.39. The lowest BCUT2D eigenvalue weighted by Crippen LogP contribution is -2.37. The molecule has 0 bridgehead atoms. The molecule has 2 amide bonds. The zero-order chi connectivity index (χ0) is 18.8. The largest absolute Gasteiger partial charge is 0.496 e. The Morgan fingerprint density at radius 2 is 2.04 bits per heavy atom. The fourth-order valence-electron chi connectivity index (χ4n) is 4.31. The van der Waals surface area contributed by atoms with Gasteiger partial charge in [0.2, 0.25) is 11.8 Å². The number of amides is 2. The van der Waals surface area contributed by atoms with Crippen LogP contribution in [0.2, 0.25) is 0 Å². The molecule has 0 radical (unpaired) electrons. The van der Waals surface area contributed by atoms with E-state index in [9.17, 15) is 9.59 Å². The first-order valence-corrected chi connectivity index (χ1v) is 9.45. The average Bonchev–Trinajstić information content (AvgIpc) is 3.26. The molecule has 2 heterocycles. The number of hydrogen-bond donors (Lipinski definition) is 0. The Morgan fingerprint density at radius 1 is 1.35 bits per heavy atom. The van der Waals surface area contributed by atoms with Gasteiger partial charge < -0.3 is 14.5 Å². The summed E-state index contributed by atoms with van der Waals surface area (Å²) in [6.45, 7) is 4.92. The van der Waals surface area contributed by atoms with Gasteiger partial charge in [0.05, 0.1) is 25.3 Å². The molecular weight excluding hydrogens is 330 g/mol. The van der Waals surface area contributed by atoms with Crippen molar-refractivity contribution < 1.29 is 14.3 Å². The quantitative estimate of drug-likeness (QED) is 0.810. The van der Waals surface area contributed by atoms with Gasteiger partial charge in [-0.25, -0.2) is 0 Å². The number of ether oxygens (including phenoxy) is 1. The van der Waals surface area contributed by atoms with E-state index in [1.807, 2.05) is 18.7 Å². The molecule has 1 aromatic heterocycles. The highest BCUT2D eigenvalue weighted by molar-refractivity contribution is 5.89. The van der Waals surface area contributed by atoms with Gasteiger partial charge in [-0.2, -0.15) is 0 Å². The smallest absolute Gasteiger partial charge is 0.228 e. The second-order valence-corrected chi connectivity index (χ2v) is 7.63. The van der Waals surface area contributed by atoms with E-state index in [2.05, 4.69) is 4.98 Å². The molecule has 1 atom stereocenters. The van der Waals surface area contributed by atoms with E-state index < -0.39 is 0 Å². The summed E-state index contributed by atoms with van der Waals surface area (Å²) >= 11 is 0. The van der Waals surface area contributed by atoms with Crippen LogP contribution in [0.15, 0.2) is 6.20 Å². The van der Waals surface area contributed by atoms with Gasteiger partial charge in [0, 0.05) is 43.4 Å². The fraction of sp³-hybridized carbons (Fsp3) is 0.650. The normalized spacial score (nSPS) is 20.7. The molecule has 1 unspecified atom stereocenters. The van der Waals surface area contributed by atoms with Gasteiger partial charge in [0.15, 0.2) is 0 Å². The van der Waals surface area contributed by atoms with Gasteiger partial charge >= 0.3 is 0 Å². The standard InChI is InChI=1S/C20H29N3O3/c1-13-10-21-17(14(2)19(13)26-4)12-22(3)20(25)15-9-18(24)23(11-15)16-7-5-6-8-16/h10,15-16H,5-9,11-12H2,1-4H3. The number of nitrogens with zero attached hydrogens (tertiary/aromatic N) is 3. The van der Waals surface area contributed by atoms with E-state index >= 15 is 0 Å². The van der Waals surface area contributed by atoms with E-state index in [0.717, 1.165) is 35.4 Å². The van der Waals surface area contributed by atoms with Crippen LogP contribution in [0.25, 0.3) is 0 Å². The molecule has 26 heavy (non-hydrogen) atoms. The van der Waals surface area contributed by atoms with Crippen molar-refractivity contribution in [1.82, 2.24) is 14.8 Å². The molecule has 1 saturated carbocycles. The van der Waals surface area contributed by atoms with Crippen molar-refractivity contribution in [3.8, 4) is 5.75 Å². The maximum absolute atomic E-state index is 12.9. The molecule has 0 spiro atoms. The highest BCUT2D eigenvalue weighted by Crippen LogP contribution is 2.30. The summed E-state index contributed by atoms with van der Waals surface area (Å²) < 4.78 is 5.45. The maximum Gasteiger partial charge on any atom is 0.228 e. The minimum Gasteiger partial charge on any atom is -0.496 e. The summed E-state index contributed by atoms with van der Waals surface area (Å²) in [6, 6.07) is 0.343. The summed E-state index contributed by atoms with van der Waals surface area (Å²) in [6.07, 6.45) is 6.65. The first kappa shape index (κ1) is 18.7. The molecule has 1 aliphatic heterocycles. The molecule has 1 aromatic rings. The molecule has 0 aromatic carbocycles. The van der Waals surface area contributed by atoms with Crippen LogP contribution in [0.4, 0.5) is 0 Å². The third-order valence-electron chi connectivity index (χ3n) is 5.79. The summed E-state index contributed by atoms with van der Waals surface area (Å²) in [7, 11) is 3.44. The Balaban J connectivity index is 1.66. The minimum atomic E-state index is -0.235. The Morgan fingerprint density at radius 3 is 2.69 bits per heavy atom. The van der Waals surface area contributed by atoms with E-state index in [1.165, 1.54) is 12.8 Å². The molecule has 6 heteroatoms. The summed E-state index contributed by atoms with van der Waals surface area (Å²) in [5.41, 5.74) is 2.78. The Kier molecular flexibility index (Phi) is 5.49. The van der Waals surface area contributed by atoms with E-state index in [1.54, 1.807) is 25.3 Å². The molecule has 1 saturated heterocycles. The van der Waals surface area contributed by atoms with Crippen LogP contribution in [-0.4, -0.2) is 53.3 Å². The van der Waals surface area contributed by atoms with Crippen molar-refractivity contribution in [3.63, 3.8) is 0 Å². The molecule has 142 valence electrons. The zero-order valence-electron chi connectivity index (χ0n) is 16.2. The predicted octanol–water partition coefficient (Wildman–Crippen LogP) is 2.46. The van der Waals surface area contributed by atoms with Crippen molar-refractivity contribution in [1.29, 1.82) is 0 Å². The summed E-state index contributed by atoms with van der Waals surface area (Å²) in [4.78, 5) is 33.4. The molecule has 6 nitrogen and oxygen atoms in total. The van der Waals surface area contributed by atoms with Crippen LogP contribution in [0.1, 0.15) is 48.9 Å². The molecule has 2 aliphatic rings. The van der Waals surface area contributed by atoms with Crippen molar-refractivity contribution in [2.45, 2.75) is 58.5 Å². The van der Waals surface area contributed by atoms with Gasteiger partial charge in [-0.05, 0) is 26.7 Å². The molecular formula is C20H29N3O3. The number of carbonyl (C=O) groups excluding carboxylic acids is 2. The van der Waals surface area contributed by atoms with Crippen molar-refractivity contribution >= 4 is 11.8 Å². The lowest BCUT2D eigenvalue weighted by molar-refractivity contribution is -0.135. The highest BCUT2D eigenvalue weighted by atomic mass is 16.5. The Hall–Kier alpha value is -2.11. The maximum atomic E-state index is 12.9. The Bertz CT molecular complexity index is 698. The average molecular weight is 359 g/mol. The van der Waals surface area contributed by atoms with Crippen molar-refractivity contribution in [3.05, 3.63) is 23.0 Å². The van der Waals surface area contributed by atoms with Crippen LogP contribution in [0.3, 0.4) is 0 Å². The predicted molar refractivity (Wildman–Crippen MR) is 98.8 cm³/mol. The van der Waals surface area contributed by atoms with Gasteiger partial charge in [0.25, 0.3) is 0 Å². The summed E-state index contributed by atoms with van der Waals surface area (Å²) in [5.74, 6) is 0.745. The molecule has 2 fully saturated rings. The third kappa shape index (κ3) is 3.55. The number of likely N-dealkylation sites (tertiary alicyclic amines) is 1. The van der Waals surface area contributed by atoms with Crippen LogP contribution in [0, 0.1) is 19.8 Å². The monoisotopic (exact) mass is 359 g/mol. The summed E-state index contributed by atoms with van der Waals surface area (Å²) in [5, 5.41) is 0. The number of pyridine rings is 1. The van der Waals surface area contributed by atoms with Gasteiger partial charge in [0.1, 0.15) is 5.75 Å². The number of hydrogen-bond acceptors (Lipinski definition) is 4. The van der Waals surface area contributed by atoms with Crippen molar-refractivity contribution in [2.24, 2.45) is 5.92 Å². The van der Waals surface area contributed by atoms with Crippen LogP contribution in [-0.2, 0) is 16.1 Å². The topological polar surface area (TPSA) is 62.7 Å². The van der Waals surface area contributed by atoms with Crippen LogP contribution >= 0.6 is 0 Å². The lowest BCUT2D eigenvalue weighted by Gasteiger charge is -2.25. The Labute approximate surface area is 155 Å². The number of methoxy groups -OCH3 is 1. The van der Waals surface area contributed by atoms with Crippen LogP contribution in [0.5, 0.6) is 5.75 Å². The number of carbonyl (C=O) groups is 2. The van der Waals surface area contributed by atoms with Crippen molar-refractivity contribution in [2.75, 3.05) is 20.7 Å². The van der Waals surface area contributed by atoms with E-state index in [4.69, 9.17) is 4.74 Å². The first-order chi connectivity index (χ1) is 12.4. The van der Waals surface area contributed by atoms with Crippen LogP contribution < -0.4 is 4.74 Å². The molecule has 3 rings (SSSR count). The zero-order valence-corrected chi connectivity index (χ0v) is 16.2. The third-order valence-corrected chi connectivity index (χ3v) is 5.79. The molecule has 1 aliphatic carbocycles. The van der Waals surface area contributed by atoms with E-state index in [0.29, 0.717) is 25.6 Å². The van der Waals surface area contributed by atoms with Gasteiger partial charge in [-0.1, -0.05) is 12.8 Å². The lowest BCUT2D eigenvalue weighted by atomic mass is 10.1. The second kappa shape index (κ2) is 7.64. The van der Waals surface area contributed by atoms with E-state index in [-0.39, 0.29) is 17.7 Å².